The fourth-order valence-electron chi connectivity index (χ4n) is 3.08. The topological polar surface area (TPSA) is 72.7 Å². The molecule has 1 aliphatic rings. The zero-order valence-corrected chi connectivity index (χ0v) is 16.2. The average Bonchev–Trinajstić information content (AvgIpc) is 3.55. The normalized spacial score (nSPS) is 13.8. The van der Waals surface area contributed by atoms with Gasteiger partial charge in [0.1, 0.15) is 17.1 Å². The molecule has 2 aromatic carbocycles. The number of pyridine rings is 1. The van der Waals surface area contributed by atoms with Gasteiger partial charge in [0.15, 0.2) is 0 Å². The van der Waals surface area contributed by atoms with E-state index in [1.54, 1.807) is 31.4 Å². The van der Waals surface area contributed by atoms with Crippen LogP contribution < -0.4 is 15.6 Å². The van der Waals surface area contributed by atoms with Crippen molar-refractivity contribution in [1.29, 1.82) is 0 Å². The van der Waals surface area contributed by atoms with E-state index < -0.39 is 17.2 Å². The molecule has 0 saturated heterocycles. The van der Waals surface area contributed by atoms with Crippen LogP contribution in [-0.4, -0.2) is 23.8 Å². The molecule has 1 aliphatic carbocycles. The molecule has 1 N–H and O–H groups in total. The van der Waals surface area contributed by atoms with Gasteiger partial charge in [-0.25, -0.2) is 9.82 Å². The van der Waals surface area contributed by atoms with Crippen LogP contribution in [0.2, 0.25) is 5.02 Å². The summed E-state index contributed by atoms with van der Waals surface area (Å²) in [5, 5.41) is 3.96. The Morgan fingerprint density at radius 2 is 2.03 bits per heavy atom. The van der Waals surface area contributed by atoms with E-state index in [-0.39, 0.29) is 22.0 Å². The van der Waals surface area contributed by atoms with Crippen molar-refractivity contribution in [2.24, 2.45) is 5.10 Å². The highest BCUT2D eigenvalue weighted by atomic mass is 35.5. The molecule has 1 amide bonds. The van der Waals surface area contributed by atoms with Crippen molar-refractivity contribution in [1.82, 2.24) is 9.99 Å². The molecule has 6 nitrogen and oxygen atoms in total. The first-order valence-electron chi connectivity index (χ1n) is 8.99. The van der Waals surface area contributed by atoms with Crippen molar-refractivity contribution in [3.05, 3.63) is 74.8 Å². The second kappa shape index (κ2) is 7.67. The number of nitrogens with zero attached hydrogens (tertiary/aromatic N) is 2. The SMILES string of the molecule is COc1ccc(/C=N\NC(=O)c2cn(C3CC3)c3cc(Cl)c(F)cc3c2=O)cc1. The number of carbonyl (C=O) groups is 1. The van der Waals surface area contributed by atoms with Crippen LogP contribution in [0, 0.1) is 5.82 Å². The summed E-state index contributed by atoms with van der Waals surface area (Å²) < 4.78 is 20.8. The highest BCUT2D eigenvalue weighted by Gasteiger charge is 2.27. The van der Waals surface area contributed by atoms with Crippen LogP contribution in [-0.2, 0) is 0 Å². The number of halogens is 2. The first-order chi connectivity index (χ1) is 14.0. The zero-order valence-electron chi connectivity index (χ0n) is 15.5. The maximum Gasteiger partial charge on any atom is 0.276 e. The van der Waals surface area contributed by atoms with Crippen LogP contribution in [0.1, 0.15) is 34.8 Å². The van der Waals surface area contributed by atoms with Crippen molar-refractivity contribution in [3.8, 4) is 5.75 Å². The molecule has 0 spiro atoms. The molecule has 0 radical (unpaired) electrons. The number of rotatable bonds is 5. The van der Waals surface area contributed by atoms with E-state index in [2.05, 4.69) is 10.5 Å². The van der Waals surface area contributed by atoms with Crippen LogP contribution in [0.15, 0.2) is 52.5 Å². The summed E-state index contributed by atoms with van der Waals surface area (Å²) in [6, 6.07) is 9.75. The number of fused-ring (bicyclic) bond motifs is 1. The van der Waals surface area contributed by atoms with E-state index in [0.29, 0.717) is 11.3 Å². The molecule has 29 heavy (non-hydrogen) atoms. The summed E-state index contributed by atoms with van der Waals surface area (Å²) >= 11 is 5.89. The Kier molecular flexibility index (Phi) is 5.07. The third-order valence-electron chi connectivity index (χ3n) is 4.75. The quantitative estimate of drug-likeness (QED) is 0.509. The van der Waals surface area contributed by atoms with Crippen LogP contribution >= 0.6 is 11.6 Å². The van der Waals surface area contributed by atoms with E-state index in [1.165, 1.54) is 18.5 Å². The standard InChI is InChI=1S/C21H17ClFN3O3/c1-29-14-6-2-12(3-7-14)10-24-25-21(28)16-11-26(13-4-5-13)19-9-17(22)18(23)8-15(19)20(16)27/h2-3,6-11,13H,4-5H2,1H3,(H,25,28)/b24-10-. The van der Waals surface area contributed by atoms with Crippen molar-refractivity contribution >= 4 is 34.6 Å². The lowest BCUT2D eigenvalue weighted by Gasteiger charge is -2.12. The van der Waals surface area contributed by atoms with Gasteiger partial charge in [-0.3, -0.25) is 9.59 Å². The number of hydrogen-bond donors (Lipinski definition) is 1. The summed E-state index contributed by atoms with van der Waals surface area (Å²) in [4.78, 5) is 25.4. The van der Waals surface area contributed by atoms with Crippen molar-refractivity contribution in [3.63, 3.8) is 0 Å². The molecule has 1 heterocycles. The lowest BCUT2D eigenvalue weighted by Crippen LogP contribution is -2.27. The molecule has 3 aromatic rings. The molecule has 1 aromatic heterocycles. The summed E-state index contributed by atoms with van der Waals surface area (Å²) in [6.45, 7) is 0. The summed E-state index contributed by atoms with van der Waals surface area (Å²) in [5.41, 5.74) is 2.96. The maximum atomic E-state index is 13.9. The Hall–Kier alpha value is -3.19. The molecule has 8 heteroatoms. The number of hydrogen-bond acceptors (Lipinski definition) is 4. The molecule has 148 valence electrons. The number of hydrazone groups is 1. The molecule has 4 rings (SSSR count). The molecular weight excluding hydrogens is 397 g/mol. The Balaban J connectivity index is 1.65. The molecule has 1 fully saturated rings. The number of ether oxygens (including phenoxy) is 1. The summed E-state index contributed by atoms with van der Waals surface area (Å²) in [6.07, 6.45) is 4.79. The van der Waals surface area contributed by atoms with E-state index in [4.69, 9.17) is 16.3 Å². The lowest BCUT2D eigenvalue weighted by atomic mass is 10.1. The molecular formula is C21H17ClFN3O3. The van der Waals surface area contributed by atoms with E-state index in [9.17, 15) is 14.0 Å². The zero-order chi connectivity index (χ0) is 20.5. The van der Waals surface area contributed by atoms with Gasteiger partial charge in [0.25, 0.3) is 5.91 Å². The first kappa shape index (κ1) is 19.1. The van der Waals surface area contributed by atoms with Crippen molar-refractivity contribution in [2.75, 3.05) is 7.11 Å². The monoisotopic (exact) mass is 413 g/mol. The number of carbonyl (C=O) groups excluding carboxylic acids is 1. The van der Waals surface area contributed by atoms with Gasteiger partial charge in [0.05, 0.1) is 23.9 Å². The number of aromatic nitrogens is 1. The van der Waals surface area contributed by atoms with Gasteiger partial charge in [-0.1, -0.05) is 11.6 Å². The Labute approximate surface area is 170 Å². The molecule has 0 unspecified atom stereocenters. The van der Waals surface area contributed by atoms with Gasteiger partial charge in [0, 0.05) is 17.6 Å². The molecule has 0 aliphatic heterocycles. The fourth-order valence-corrected chi connectivity index (χ4v) is 3.23. The minimum absolute atomic E-state index is 0.0624. The molecule has 1 saturated carbocycles. The van der Waals surface area contributed by atoms with Crippen LogP contribution in [0.5, 0.6) is 5.75 Å². The number of nitrogens with one attached hydrogen (secondary N) is 1. The van der Waals surface area contributed by atoms with Gasteiger partial charge < -0.3 is 9.30 Å². The first-order valence-corrected chi connectivity index (χ1v) is 9.37. The maximum absolute atomic E-state index is 13.9. The van der Waals surface area contributed by atoms with Crippen molar-refractivity contribution in [2.45, 2.75) is 18.9 Å². The van der Waals surface area contributed by atoms with Crippen LogP contribution in [0.25, 0.3) is 10.9 Å². The second-order valence-electron chi connectivity index (χ2n) is 6.77. The molecule has 0 bridgehead atoms. The lowest BCUT2D eigenvalue weighted by molar-refractivity contribution is 0.0953. The number of benzene rings is 2. The average molecular weight is 414 g/mol. The van der Waals surface area contributed by atoms with Crippen LogP contribution in [0.4, 0.5) is 4.39 Å². The summed E-state index contributed by atoms with van der Waals surface area (Å²) in [7, 11) is 1.57. The predicted molar refractivity (Wildman–Crippen MR) is 110 cm³/mol. The van der Waals surface area contributed by atoms with Crippen molar-refractivity contribution < 1.29 is 13.9 Å². The number of methoxy groups -OCH3 is 1. The van der Waals surface area contributed by atoms with Gasteiger partial charge >= 0.3 is 0 Å². The van der Waals surface area contributed by atoms with Crippen LogP contribution in [0.3, 0.4) is 0 Å². The third kappa shape index (κ3) is 3.86. The molecule has 0 atom stereocenters. The second-order valence-corrected chi connectivity index (χ2v) is 7.17. The predicted octanol–water partition coefficient (Wildman–Crippen LogP) is 3.90. The van der Waals surface area contributed by atoms with E-state index in [1.807, 2.05) is 4.57 Å². The Bertz CT molecular complexity index is 1180. The van der Waals surface area contributed by atoms with Gasteiger partial charge in [-0.2, -0.15) is 5.10 Å². The van der Waals surface area contributed by atoms with Gasteiger partial charge in [-0.05, 0) is 54.8 Å². The van der Waals surface area contributed by atoms with E-state index in [0.717, 1.165) is 24.5 Å². The Morgan fingerprint density at radius 3 is 2.69 bits per heavy atom. The minimum Gasteiger partial charge on any atom is -0.497 e. The largest absolute Gasteiger partial charge is 0.497 e. The number of amides is 1. The third-order valence-corrected chi connectivity index (χ3v) is 5.04. The Morgan fingerprint density at radius 1 is 1.31 bits per heavy atom. The highest BCUT2D eigenvalue weighted by Crippen LogP contribution is 2.37. The fraction of sp³-hybridized carbons (Fsp3) is 0.190. The smallest absolute Gasteiger partial charge is 0.276 e. The summed E-state index contributed by atoms with van der Waals surface area (Å²) in [5.74, 6) is -0.657. The highest BCUT2D eigenvalue weighted by molar-refractivity contribution is 6.31. The van der Waals surface area contributed by atoms with Gasteiger partial charge in [-0.15, -0.1) is 0 Å². The van der Waals surface area contributed by atoms with E-state index >= 15 is 0 Å². The van der Waals surface area contributed by atoms with Gasteiger partial charge in [0.2, 0.25) is 5.43 Å². The minimum atomic E-state index is -0.700.